The lowest BCUT2D eigenvalue weighted by Gasteiger charge is -2.32. The molecular formula is C24H25N5O4. The van der Waals surface area contributed by atoms with E-state index in [0.717, 1.165) is 47.8 Å². The van der Waals surface area contributed by atoms with Gasteiger partial charge in [-0.05, 0) is 61.7 Å². The first-order chi connectivity index (χ1) is 15.9. The average molecular weight is 447 g/mol. The zero-order valence-electron chi connectivity index (χ0n) is 18.5. The van der Waals surface area contributed by atoms with Crippen LogP contribution in [0.25, 0.3) is 11.3 Å². The van der Waals surface area contributed by atoms with Crippen molar-refractivity contribution >= 4 is 23.1 Å². The molecule has 0 radical (unpaired) electrons. The molecule has 1 unspecified atom stereocenters. The molecule has 1 aromatic heterocycles. The van der Waals surface area contributed by atoms with Crippen molar-refractivity contribution in [2.45, 2.75) is 19.8 Å². The van der Waals surface area contributed by atoms with Crippen molar-refractivity contribution in [3.63, 3.8) is 0 Å². The molecule has 1 saturated heterocycles. The van der Waals surface area contributed by atoms with Crippen molar-refractivity contribution in [1.29, 1.82) is 0 Å². The molecule has 4 rings (SSSR count). The standard InChI is InChI=1S/C24H25N5O4/c1-16-5-8-19(29(31)32)14-22(16)25-24(30)18-4-3-13-28(15-18)23-12-11-21(26-27-23)17-6-9-20(33-2)10-7-17/h5-12,14,18H,3-4,13,15H2,1-2H3,(H,25,30). The van der Waals surface area contributed by atoms with Crippen molar-refractivity contribution < 1.29 is 14.5 Å². The maximum absolute atomic E-state index is 12.9. The number of non-ortho nitro benzene ring substituents is 1. The van der Waals surface area contributed by atoms with Crippen LogP contribution >= 0.6 is 0 Å². The van der Waals surface area contributed by atoms with Crippen molar-refractivity contribution in [2.75, 3.05) is 30.4 Å². The minimum Gasteiger partial charge on any atom is -0.497 e. The minimum absolute atomic E-state index is 0.0478. The van der Waals surface area contributed by atoms with Gasteiger partial charge < -0.3 is 15.0 Å². The zero-order valence-corrected chi connectivity index (χ0v) is 18.5. The number of amides is 1. The molecule has 1 aliphatic heterocycles. The second-order valence-corrected chi connectivity index (χ2v) is 8.04. The number of rotatable bonds is 6. The molecule has 3 aromatic rings. The number of carbonyl (C=O) groups excluding carboxylic acids is 1. The number of methoxy groups -OCH3 is 1. The quantitative estimate of drug-likeness (QED) is 0.445. The predicted molar refractivity (Wildman–Crippen MR) is 125 cm³/mol. The third kappa shape index (κ3) is 5.08. The van der Waals surface area contributed by atoms with Gasteiger partial charge in [0.05, 0.1) is 29.3 Å². The number of nitrogens with one attached hydrogen (secondary N) is 1. The highest BCUT2D eigenvalue weighted by molar-refractivity contribution is 5.94. The van der Waals surface area contributed by atoms with Crippen LogP contribution in [-0.2, 0) is 4.79 Å². The summed E-state index contributed by atoms with van der Waals surface area (Å²) in [5.41, 5.74) is 2.90. The predicted octanol–water partition coefficient (Wildman–Crippen LogP) is 4.22. The van der Waals surface area contributed by atoms with Gasteiger partial charge in [-0.1, -0.05) is 6.07 Å². The Morgan fingerprint density at radius 3 is 2.61 bits per heavy atom. The number of nitro benzene ring substituents is 1. The van der Waals surface area contributed by atoms with Crippen LogP contribution in [0.5, 0.6) is 5.75 Å². The number of carbonyl (C=O) groups is 1. The fraction of sp³-hybridized carbons (Fsp3) is 0.292. The van der Waals surface area contributed by atoms with Gasteiger partial charge in [0.15, 0.2) is 5.82 Å². The monoisotopic (exact) mass is 447 g/mol. The van der Waals surface area contributed by atoms with E-state index in [2.05, 4.69) is 20.4 Å². The maximum atomic E-state index is 12.9. The van der Waals surface area contributed by atoms with Gasteiger partial charge in [0.25, 0.3) is 5.69 Å². The Morgan fingerprint density at radius 2 is 1.94 bits per heavy atom. The average Bonchev–Trinajstić information content (AvgIpc) is 2.85. The van der Waals surface area contributed by atoms with E-state index in [0.29, 0.717) is 12.2 Å². The Bertz CT molecular complexity index is 1150. The number of aryl methyl sites for hydroxylation is 1. The summed E-state index contributed by atoms with van der Waals surface area (Å²) in [6.45, 7) is 3.11. The third-order valence-electron chi connectivity index (χ3n) is 5.84. The summed E-state index contributed by atoms with van der Waals surface area (Å²) >= 11 is 0. The molecular weight excluding hydrogens is 422 g/mol. The Balaban J connectivity index is 1.43. The lowest BCUT2D eigenvalue weighted by molar-refractivity contribution is -0.384. The number of anilines is 2. The van der Waals surface area contributed by atoms with Crippen LogP contribution in [0.4, 0.5) is 17.2 Å². The SMILES string of the molecule is COc1ccc(-c2ccc(N3CCCC(C(=O)Nc4cc([N+](=O)[O-])ccc4C)C3)nn2)cc1. The van der Waals surface area contributed by atoms with Gasteiger partial charge in [-0.2, -0.15) is 0 Å². The molecule has 33 heavy (non-hydrogen) atoms. The first kappa shape index (κ1) is 22.2. The fourth-order valence-electron chi connectivity index (χ4n) is 3.90. The van der Waals surface area contributed by atoms with Gasteiger partial charge >= 0.3 is 0 Å². The Labute approximate surface area is 191 Å². The van der Waals surface area contributed by atoms with Gasteiger partial charge in [0.1, 0.15) is 5.75 Å². The Morgan fingerprint density at radius 1 is 1.15 bits per heavy atom. The lowest BCUT2D eigenvalue weighted by Crippen LogP contribution is -2.41. The molecule has 1 aliphatic rings. The van der Waals surface area contributed by atoms with E-state index >= 15 is 0 Å². The van der Waals surface area contributed by atoms with E-state index < -0.39 is 4.92 Å². The van der Waals surface area contributed by atoms with E-state index in [1.807, 2.05) is 43.3 Å². The first-order valence-electron chi connectivity index (χ1n) is 10.7. The second-order valence-electron chi connectivity index (χ2n) is 8.04. The molecule has 1 amide bonds. The lowest BCUT2D eigenvalue weighted by atomic mass is 9.96. The smallest absolute Gasteiger partial charge is 0.271 e. The fourth-order valence-corrected chi connectivity index (χ4v) is 3.90. The number of ether oxygens (including phenoxy) is 1. The molecule has 1 N–H and O–H groups in total. The van der Waals surface area contributed by atoms with Crippen LogP contribution in [0, 0.1) is 23.0 Å². The number of hydrogen-bond donors (Lipinski definition) is 1. The van der Waals surface area contributed by atoms with Gasteiger partial charge in [-0.15, -0.1) is 10.2 Å². The van der Waals surface area contributed by atoms with Crippen LogP contribution in [0.3, 0.4) is 0 Å². The topological polar surface area (TPSA) is 110 Å². The summed E-state index contributed by atoms with van der Waals surface area (Å²) in [6, 6.07) is 15.9. The molecule has 2 aromatic carbocycles. The zero-order chi connectivity index (χ0) is 23.4. The molecule has 0 aliphatic carbocycles. The summed E-state index contributed by atoms with van der Waals surface area (Å²) in [7, 11) is 1.63. The first-order valence-corrected chi connectivity index (χ1v) is 10.7. The number of nitrogens with zero attached hydrogens (tertiary/aromatic N) is 4. The van der Waals surface area contributed by atoms with Crippen LogP contribution in [0.1, 0.15) is 18.4 Å². The van der Waals surface area contributed by atoms with E-state index in [-0.39, 0.29) is 17.5 Å². The summed E-state index contributed by atoms with van der Waals surface area (Å²) in [6.07, 6.45) is 1.58. The van der Waals surface area contributed by atoms with E-state index in [1.54, 1.807) is 13.2 Å². The maximum Gasteiger partial charge on any atom is 0.271 e. The highest BCUT2D eigenvalue weighted by Gasteiger charge is 2.27. The van der Waals surface area contributed by atoms with Crippen molar-refractivity contribution in [3.8, 4) is 17.0 Å². The molecule has 1 fully saturated rings. The number of piperidine rings is 1. The number of nitro groups is 1. The normalized spacial score (nSPS) is 15.7. The molecule has 2 heterocycles. The number of benzene rings is 2. The van der Waals surface area contributed by atoms with Crippen LogP contribution in [0.2, 0.25) is 0 Å². The number of aromatic nitrogens is 2. The molecule has 0 spiro atoms. The van der Waals surface area contributed by atoms with Crippen LogP contribution in [0.15, 0.2) is 54.6 Å². The van der Waals surface area contributed by atoms with E-state index in [4.69, 9.17) is 4.74 Å². The highest BCUT2D eigenvalue weighted by atomic mass is 16.6. The second kappa shape index (κ2) is 9.64. The van der Waals surface area contributed by atoms with E-state index in [9.17, 15) is 14.9 Å². The third-order valence-corrected chi connectivity index (χ3v) is 5.84. The minimum atomic E-state index is -0.467. The largest absolute Gasteiger partial charge is 0.497 e. The van der Waals surface area contributed by atoms with Crippen LogP contribution < -0.4 is 15.0 Å². The van der Waals surface area contributed by atoms with Crippen LogP contribution in [-0.4, -0.2) is 41.2 Å². The highest BCUT2D eigenvalue weighted by Crippen LogP contribution is 2.27. The van der Waals surface area contributed by atoms with Gasteiger partial charge in [-0.25, -0.2) is 0 Å². The summed E-state index contributed by atoms with van der Waals surface area (Å²) in [4.78, 5) is 25.6. The molecule has 1 atom stereocenters. The van der Waals surface area contributed by atoms with E-state index in [1.165, 1.54) is 12.1 Å². The van der Waals surface area contributed by atoms with Gasteiger partial charge in [0, 0.05) is 30.8 Å². The van der Waals surface area contributed by atoms with Gasteiger partial charge in [-0.3, -0.25) is 14.9 Å². The molecule has 9 nitrogen and oxygen atoms in total. The molecule has 0 bridgehead atoms. The van der Waals surface area contributed by atoms with Crippen molar-refractivity contribution in [2.24, 2.45) is 5.92 Å². The Hall–Kier alpha value is -4.01. The summed E-state index contributed by atoms with van der Waals surface area (Å²) in [5, 5.41) is 22.7. The van der Waals surface area contributed by atoms with Gasteiger partial charge in [0.2, 0.25) is 5.91 Å². The summed E-state index contributed by atoms with van der Waals surface area (Å²) < 4.78 is 5.19. The molecule has 9 heteroatoms. The molecule has 0 saturated carbocycles. The van der Waals surface area contributed by atoms with Crippen molar-refractivity contribution in [1.82, 2.24) is 10.2 Å². The Kier molecular flexibility index (Phi) is 6.48. The number of hydrogen-bond acceptors (Lipinski definition) is 7. The van der Waals surface area contributed by atoms with Crippen molar-refractivity contribution in [3.05, 3.63) is 70.3 Å². The molecule has 170 valence electrons. The summed E-state index contributed by atoms with van der Waals surface area (Å²) in [5.74, 6) is 1.10.